The minimum absolute atomic E-state index is 0.140. The first-order valence-electron chi connectivity index (χ1n) is 8.48. The summed E-state index contributed by atoms with van der Waals surface area (Å²) in [6, 6.07) is 3.69. The Morgan fingerprint density at radius 2 is 1.93 bits per heavy atom. The molecule has 9 nitrogen and oxygen atoms in total. The van der Waals surface area contributed by atoms with E-state index in [1.165, 1.54) is 25.9 Å². The molecule has 0 unspecified atom stereocenters. The van der Waals surface area contributed by atoms with Gasteiger partial charge in [0.2, 0.25) is 16.7 Å². The number of amidine groups is 1. The van der Waals surface area contributed by atoms with Gasteiger partial charge in [-0.3, -0.25) is 24.1 Å². The summed E-state index contributed by atoms with van der Waals surface area (Å²) in [6.07, 6.45) is 0. The van der Waals surface area contributed by atoms with Crippen LogP contribution in [0.2, 0.25) is 0 Å². The van der Waals surface area contributed by atoms with Gasteiger partial charge in [-0.2, -0.15) is 5.01 Å². The molecule has 0 aromatic heterocycles. The number of aryl methyl sites for hydroxylation is 2. The van der Waals surface area contributed by atoms with Crippen molar-refractivity contribution in [2.45, 2.75) is 32.6 Å². The van der Waals surface area contributed by atoms with E-state index < -0.39 is 22.7 Å². The Bertz CT molecular complexity index is 944. The third-order valence-electron chi connectivity index (χ3n) is 4.44. The van der Waals surface area contributed by atoms with Crippen molar-refractivity contribution in [3.8, 4) is 0 Å². The summed E-state index contributed by atoms with van der Waals surface area (Å²) in [5.74, 6) is -1.92. The molecule has 3 rings (SSSR count). The molecule has 0 saturated carbocycles. The number of fused-ring (bicyclic) bond motifs is 2. The molecule has 1 N–H and O–H groups in total. The number of thioether (sulfide) groups is 1. The molecule has 1 atom stereocenters. The SMILES string of the molecule is COC(=O)CN1C(=O)[C@]2(SC(NC(C)=O)=NN2C(C)=O)c2cc(C)cc(C)c21. The zero-order chi connectivity index (χ0) is 20.8. The topological polar surface area (TPSA) is 108 Å². The third kappa shape index (κ3) is 2.93. The molecule has 0 fully saturated rings. The normalized spacial score (nSPS) is 20.3. The number of benzene rings is 1. The molecule has 0 bridgehead atoms. The Labute approximate surface area is 166 Å². The summed E-state index contributed by atoms with van der Waals surface area (Å²) >= 11 is 0.972. The van der Waals surface area contributed by atoms with Gasteiger partial charge >= 0.3 is 5.97 Å². The van der Waals surface area contributed by atoms with Crippen molar-refractivity contribution in [3.63, 3.8) is 0 Å². The quantitative estimate of drug-likeness (QED) is 0.736. The number of nitrogens with one attached hydrogen (secondary N) is 1. The van der Waals surface area contributed by atoms with Gasteiger partial charge in [-0.05, 0) is 31.2 Å². The van der Waals surface area contributed by atoms with Gasteiger partial charge in [0.1, 0.15) is 6.54 Å². The van der Waals surface area contributed by atoms with Crippen LogP contribution in [0.4, 0.5) is 5.69 Å². The highest BCUT2D eigenvalue weighted by Gasteiger charge is 2.61. The summed E-state index contributed by atoms with van der Waals surface area (Å²) in [5, 5.41) is 7.93. The highest BCUT2D eigenvalue weighted by atomic mass is 32.2. The first kappa shape index (κ1) is 19.9. The maximum absolute atomic E-state index is 13.6. The molecule has 28 heavy (non-hydrogen) atoms. The zero-order valence-electron chi connectivity index (χ0n) is 16.2. The minimum Gasteiger partial charge on any atom is -0.468 e. The first-order valence-corrected chi connectivity index (χ1v) is 9.30. The van der Waals surface area contributed by atoms with E-state index in [4.69, 9.17) is 4.74 Å². The predicted octanol–water partition coefficient (Wildman–Crippen LogP) is 0.978. The number of ether oxygens (including phenoxy) is 1. The van der Waals surface area contributed by atoms with Crippen LogP contribution in [0.25, 0.3) is 0 Å². The van der Waals surface area contributed by atoms with Crippen molar-refractivity contribution in [2.75, 3.05) is 18.6 Å². The maximum atomic E-state index is 13.6. The molecule has 1 aromatic carbocycles. The molecule has 0 aliphatic carbocycles. The number of hydrogen-bond acceptors (Lipinski definition) is 7. The summed E-state index contributed by atoms with van der Waals surface area (Å²) < 4.78 is 4.73. The van der Waals surface area contributed by atoms with Gasteiger partial charge in [0.15, 0.2) is 5.17 Å². The van der Waals surface area contributed by atoms with E-state index in [1.807, 2.05) is 19.9 Å². The van der Waals surface area contributed by atoms with Gasteiger partial charge in [-0.15, -0.1) is 5.10 Å². The Balaban J connectivity index is 2.21. The summed E-state index contributed by atoms with van der Waals surface area (Å²) in [6.45, 7) is 6.02. The van der Waals surface area contributed by atoms with E-state index in [0.29, 0.717) is 11.3 Å². The lowest BCUT2D eigenvalue weighted by Crippen LogP contribution is -2.49. The Kier molecular flexibility index (Phi) is 4.92. The number of nitrogens with zero attached hydrogens (tertiary/aromatic N) is 3. The van der Waals surface area contributed by atoms with Crippen molar-refractivity contribution in [3.05, 3.63) is 28.8 Å². The largest absolute Gasteiger partial charge is 0.468 e. The predicted molar refractivity (Wildman–Crippen MR) is 103 cm³/mol. The fourth-order valence-electron chi connectivity index (χ4n) is 3.48. The van der Waals surface area contributed by atoms with Crippen LogP contribution in [0.5, 0.6) is 0 Å². The molecule has 2 aliphatic rings. The second-order valence-electron chi connectivity index (χ2n) is 6.61. The molecule has 0 radical (unpaired) electrons. The molecule has 1 aromatic rings. The van der Waals surface area contributed by atoms with Crippen molar-refractivity contribution in [2.24, 2.45) is 5.10 Å². The molecule has 1 spiro atoms. The van der Waals surface area contributed by atoms with E-state index in [2.05, 4.69) is 10.4 Å². The van der Waals surface area contributed by atoms with Gasteiger partial charge in [-0.1, -0.05) is 17.7 Å². The monoisotopic (exact) mass is 404 g/mol. The van der Waals surface area contributed by atoms with Crippen molar-refractivity contribution < 1.29 is 23.9 Å². The van der Waals surface area contributed by atoms with Crippen LogP contribution in [-0.4, -0.2) is 47.5 Å². The Hall–Kier alpha value is -2.88. The number of hydrogen-bond donors (Lipinski definition) is 1. The number of hydrazone groups is 1. The molecular formula is C18H20N4O5S. The second-order valence-corrected chi connectivity index (χ2v) is 7.79. The number of methoxy groups -OCH3 is 1. The second kappa shape index (κ2) is 6.93. The van der Waals surface area contributed by atoms with E-state index in [9.17, 15) is 19.2 Å². The summed E-state index contributed by atoms with van der Waals surface area (Å²) in [4.78, 5) is 49.2. The van der Waals surface area contributed by atoms with Gasteiger partial charge in [0.25, 0.3) is 5.91 Å². The van der Waals surface area contributed by atoms with Crippen molar-refractivity contribution in [1.29, 1.82) is 0 Å². The molecule has 3 amide bonds. The Morgan fingerprint density at radius 3 is 2.50 bits per heavy atom. The van der Waals surface area contributed by atoms with E-state index in [0.717, 1.165) is 27.9 Å². The van der Waals surface area contributed by atoms with E-state index in [1.54, 1.807) is 6.07 Å². The highest BCUT2D eigenvalue weighted by molar-refractivity contribution is 8.15. The standard InChI is InChI=1S/C18H20N4O5S/c1-9-6-10(2)15-13(7-9)18(16(26)21(15)8-14(25)27-5)22(12(4)24)20-17(28-18)19-11(3)23/h6-7H,8H2,1-5H3,(H,19,20,23)/t18-/m1/s1. The highest BCUT2D eigenvalue weighted by Crippen LogP contribution is 2.55. The van der Waals surface area contributed by atoms with Crippen molar-refractivity contribution >= 4 is 46.3 Å². The average molecular weight is 404 g/mol. The van der Waals surface area contributed by atoms with Gasteiger partial charge in [0, 0.05) is 19.4 Å². The van der Waals surface area contributed by atoms with Gasteiger partial charge in [-0.25, -0.2) is 0 Å². The number of rotatable bonds is 2. The summed E-state index contributed by atoms with van der Waals surface area (Å²) in [7, 11) is 1.24. The number of carbonyl (C=O) groups is 4. The van der Waals surface area contributed by atoms with Crippen LogP contribution in [0, 0.1) is 13.8 Å². The Morgan fingerprint density at radius 1 is 1.25 bits per heavy atom. The van der Waals surface area contributed by atoms with Crippen LogP contribution in [-0.2, 0) is 28.8 Å². The number of anilines is 1. The molecule has 10 heteroatoms. The fraction of sp³-hybridized carbons (Fsp3) is 0.389. The first-order chi connectivity index (χ1) is 13.1. The third-order valence-corrected chi connectivity index (χ3v) is 5.68. The zero-order valence-corrected chi connectivity index (χ0v) is 17.0. The molecule has 148 valence electrons. The van der Waals surface area contributed by atoms with E-state index in [-0.39, 0.29) is 17.6 Å². The average Bonchev–Trinajstić information content (AvgIpc) is 3.07. The molecular weight excluding hydrogens is 384 g/mol. The van der Waals surface area contributed by atoms with E-state index >= 15 is 0 Å². The minimum atomic E-state index is -1.52. The number of amides is 3. The van der Waals surface area contributed by atoms with Gasteiger partial charge < -0.3 is 10.1 Å². The summed E-state index contributed by atoms with van der Waals surface area (Å²) in [5.41, 5.74) is 2.75. The van der Waals surface area contributed by atoms with Gasteiger partial charge in [0.05, 0.1) is 12.8 Å². The van der Waals surface area contributed by atoms with Crippen LogP contribution in [0.3, 0.4) is 0 Å². The van der Waals surface area contributed by atoms with Crippen molar-refractivity contribution in [1.82, 2.24) is 10.3 Å². The smallest absolute Gasteiger partial charge is 0.325 e. The van der Waals surface area contributed by atoms with Crippen LogP contribution in [0.1, 0.15) is 30.5 Å². The maximum Gasteiger partial charge on any atom is 0.325 e. The van der Waals surface area contributed by atoms with Crippen LogP contribution < -0.4 is 10.2 Å². The number of esters is 1. The lowest BCUT2D eigenvalue weighted by molar-refractivity contribution is -0.141. The molecule has 2 heterocycles. The lowest BCUT2D eigenvalue weighted by Gasteiger charge is -2.29. The fourth-order valence-corrected chi connectivity index (χ4v) is 4.80. The molecule has 2 aliphatic heterocycles. The molecule has 0 saturated heterocycles. The number of carbonyl (C=O) groups excluding carboxylic acids is 4. The lowest BCUT2D eigenvalue weighted by atomic mass is 10.0. The van der Waals surface area contributed by atoms with Crippen LogP contribution >= 0.6 is 11.8 Å². The van der Waals surface area contributed by atoms with Crippen LogP contribution in [0.15, 0.2) is 17.2 Å².